The van der Waals surface area contributed by atoms with E-state index in [1.54, 1.807) is 78.7 Å². The molecule has 0 radical (unpaired) electrons. The van der Waals surface area contributed by atoms with Gasteiger partial charge in [0, 0.05) is 36.1 Å². The van der Waals surface area contributed by atoms with Crippen LogP contribution < -0.4 is 5.32 Å². The lowest BCUT2D eigenvalue weighted by Gasteiger charge is -2.11. The Morgan fingerprint density at radius 2 is 1.84 bits per heavy atom. The molecule has 1 amide bonds. The third kappa shape index (κ3) is 4.79. The van der Waals surface area contributed by atoms with Crippen LogP contribution in [0.1, 0.15) is 22.9 Å². The maximum absolute atomic E-state index is 13.2. The van der Waals surface area contributed by atoms with Crippen molar-refractivity contribution in [3.05, 3.63) is 108 Å². The minimum atomic E-state index is -0.837. The summed E-state index contributed by atoms with van der Waals surface area (Å²) in [6, 6.07) is 18.4. The van der Waals surface area contributed by atoms with E-state index in [0.29, 0.717) is 16.9 Å². The van der Waals surface area contributed by atoms with Crippen LogP contribution in [0, 0.1) is 5.82 Å². The molecule has 4 rings (SSSR count). The van der Waals surface area contributed by atoms with Crippen LogP contribution in [-0.4, -0.2) is 25.8 Å². The fourth-order valence-electron chi connectivity index (χ4n) is 3.34. The number of aryl methyl sites for hydroxylation is 1. The number of carbonyl (C=O) groups is 1. The van der Waals surface area contributed by atoms with Gasteiger partial charge >= 0.3 is 0 Å². The molecular weight excluding hydrogens is 407 g/mol. The monoisotopic (exact) mass is 428 g/mol. The van der Waals surface area contributed by atoms with Crippen LogP contribution >= 0.6 is 0 Å². The van der Waals surface area contributed by atoms with Gasteiger partial charge in [-0.2, -0.15) is 5.10 Å². The zero-order valence-corrected chi connectivity index (χ0v) is 17.3. The smallest absolute Gasteiger partial charge is 0.248 e. The quantitative estimate of drug-likeness (QED) is 0.448. The van der Waals surface area contributed by atoms with Crippen molar-refractivity contribution in [3.63, 3.8) is 0 Å². The fraction of sp³-hybridized carbons (Fsp3) is 0.0800. The summed E-state index contributed by atoms with van der Waals surface area (Å²) in [6.45, 7) is 0. The van der Waals surface area contributed by atoms with Crippen LogP contribution in [-0.2, 0) is 11.8 Å². The van der Waals surface area contributed by atoms with Gasteiger partial charge < -0.3 is 10.4 Å². The maximum atomic E-state index is 13.2. The predicted molar refractivity (Wildman–Crippen MR) is 121 cm³/mol. The van der Waals surface area contributed by atoms with Gasteiger partial charge in [0.25, 0.3) is 0 Å². The molecule has 0 bridgehead atoms. The highest BCUT2D eigenvalue weighted by Gasteiger charge is 2.12. The summed E-state index contributed by atoms with van der Waals surface area (Å²) < 4.78 is 14.9. The summed E-state index contributed by atoms with van der Waals surface area (Å²) in [7, 11) is 1.79. The fourth-order valence-corrected chi connectivity index (χ4v) is 3.34. The minimum absolute atomic E-state index is 0.308. The number of aromatic nitrogens is 3. The van der Waals surface area contributed by atoms with Crippen molar-refractivity contribution in [1.82, 2.24) is 14.8 Å². The molecule has 4 aromatic rings. The van der Waals surface area contributed by atoms with E-state index < -0.39 is 6.10 Å². The van der Waals surface area contributed by atoms with Crippen molar-refractivity contribution >= 4 is 17.7 Å². The van der Waals surface area contributed by atoms with E-state index in [1.807, 2.05) is 6.07 Å². The topological polar surface area (TPSA) is 80.0 Å². The Bertz CT molecular complexity index is 1230. The third-order valence-electron chi connectivity index (χ3n) is 4.96. The SMILES string of the molecule is Cn1ncc(/C=C/C(=O)Nc2ccc(C(O)c3ccccn3)cc2)c1-c1ccc(F)cc1. The lowest BCUT2D eigenvalue weighted by Crippen LogP contribution is -2.08. The second kappa shape index (κ2) is 9.36. The molecule has 0 aliphatic rings. The molecule has 2 aromatic heterocycles. The Kier molecular flexibility index (Phi) is 6.19. The second-order valence-electron chi connectivity index (χ2n) is 7.18. The first-order chi connectivity index (χ1) is 15.5. The number of aliphatic hydroxyl groups is 1. The van der Waals surface area contributed by atoms with Gasteiger partial charge in [-0.05, 0) is 60.2 Å². The molecule has 2 N–H and O–H groups in total. The lowest BCUT2D eigenvalue weighted by atomic mass is 10.1. The normalized spacial score (nSPS) is 12.1. The molecule has 7 heteroatoms. The first kappa shape index (κ1) is 21.1. The van der Waals surface area contributed by atoms with Gasteiger partial charge in [-0.15, -0.1) is 0 Å². The number of benzene rings is 2. The van der Waals surface area contributed by atoms with Gasteiger partial charge in [-0.25, -0.2) is 4.39 Å². The number of nitrogens with one attached hydrogen (secondary N) is 1. The molecule has 6 nitrogen and oxygen atoms in total. The number of halogens is 1. The van der Waals surface area contributed by atoms with Crippen molar-refractivity contribution in [2.45, 2.75) is 6.10 Å². The third-order valence-corrected chi connectivity index (χ3v) is 4.96. The van der Waals surface area contributed by atoms with E-state index in [0.717, 1.165) is 16.8 Å². The van der Waals surface area contributed by atoms with Crippen molar-refractivity contribution < 1.29 is 14.3 Å². The molecule has 2 heterocycles. The predicted octanol–water partition coefficient (Wildman–Crippen LogP) is 4.35. The van der Waals surface area contributed by atoms with E-state index in [-0.39, 0.29) is 11.7 Å². The van der Waals surface area contributed by atoms with Crippen LogP contribution in [0.4, 0.5) is 10.1 Å². The Morgan fingerprint density at radius 1 is 1.09 bits per heavy atom. The summed E-state index contributed by atoms with van der Waals surface area (Å²) in [5, 5.41) is 17.5. The molecule has 32 heavy (non-hydrogen) atoms. The largest absolute Gasteiger partial charge is 0.382 e. The van der Waals surface area contributed by atoms with Crippen LogP contribution in [0.2, 0.25) is 0 Å². The standard InChI is InChI=1S/C25H21FN4O2/c1-30-24(17-5-10-20(26)11-6-17)19(16-28-30)9-14-23(31)29-21-12-7-18(8-13-21)25(32)22-4-2-3-15-27-22/h2-16,25,32H,1H3,(H,29,31)/b14-9+. The Hall–Kier alpha value is -4.10. The molecule has 0 fully saturated rings. The zero-order chi connectivity index (χ0) is 22.5. The summed E-state index contributed by atoms with van der Waals surface area (Å²) in [6.07, 6.45) is 5.52. The molecule has 2 aromatic carbocycles. The van der Waals surface area contributed by atoms with E-state index >= 15 is 0 Å². The Morgan fingerprint density at radius 3 is 2.53 bits per heavy atom. The van der Waals surface area contributed by atoms with Gasteiger partial charge in [0.15, 0.2) is 0 Å². The molecule has 0 saturated heterocycles. The molecular formula is C25H21FN4O2. The maximum Gasteiger partial charge on any atom is 0.248 e. The highest BCUT2D eigenvalue weighted by atomic mass is 19.1. The van der Waals surface area contributed by atoms with Crippen molar-refractivity contribution in [2.75, 3.05) is 5.32 Å². The molecule has 1 unspecified atom stereocenters. The number of aliphatic hydroxyl groups excluding tert-OH is 1. The molecule has 0 saturated carbocycles. The Labute approximate surface area is 184 Å². The lowest BCUT2D eigenvalue weighted by molar-refractivity contribution is -0.111. The van der Waals surface area contributed by atoms with Crippen LogP contribution in [0.3, 0.4) is 0 Å². The summed E-state index contributed by atoms with van der Waals surface area (Å²) in [4.78, 5) is 16.6. The minimum Gasteiger partial charge on any atom is -0.382 e. The zero-order valence-electron chi connectivity index (χ0n) is 17.3. The number of amides is 1. The van der Waals surface area contributed by atoms with Crippen LogP contribution in [0.25, 0.3) is 17.3 Å². The van der Waals surface area contributed by atoms with E-state index in [4.69, 9.17) is 0 Å². The summed E-state index contributed by atoms with van der Waals surface area (Å²) in [5.41, 5.74) is 4.15. The number of anilines is 1. The summed E-state index contributed by atoms with van der Waals surface area (Å²) in [5.74, 6) is -0.622. The molecule has 0 spiro atoms. The second-order valence-corrected chi connectivity index (χ2v) is 7.18. The first-order valence-electron chi connectivity index (χ1n) is 9.97. The summed E-state index contributed by atoms with van der Waals surface area (Å²) >= 11 is 0. The molecule has 160 valence electrons. The number of hydrogen-bond donors (Lipinski definition) is 2. The average molecular weight is 428 g/mol. The highest BCUT2D eigenvalue weighted by Crippen LogP contribution is 2.25. The van der Waals surface area contributed by atoms with Crippen molar-refractivity contribution in [2.24, 2.45) is 7.05 Å². The average Bonchev–Trinajstić information content (AvgIpc) is 3.19. The van der Waals surface area contributed by atoms with Crippen LogP contribution in [0.5, 0.6) is 0 Å². The van der Waals surface area contributed by atoms with Crippen LogP contribution in [0.15, 0.2) is 85.2 Å². The number of rotatable bonds is 6. The van der Waals surface area contributed by atoms with E-state index in [1.165, 1.54) is 18.2 Å². The van der Waals surface area contributed by atoms with E-state index in [9.17, 15) is 14.3 Å². The van der Waals surface area contributed by atoms with Gasteiger partial charge in [0.2, 0.25) is 5.91 Å². The Balaban J connectivity index is 1.44. The number of pyridine rings is 1. The van der Waals surface area contributed by atoms with Crippen molar-refractivity contribution in [3.8, 4) is 11.3 Å². The number of nitrogens with zero attached hydrogens (tertiary/aromatic N) is 3. The number of hydrogen-bond acceptors (Lipinski definition) is 4. The van der Waals surface area contributed by atoms with Gasteiger partial charge in [0.1, 0.15) is 11.9 Å². The highest BCUT2D eigenvalue weighted by molar-refractivity contribution is 6.02. The molecule has 1 atom stereocenters. The van der Waals surface area contributed by atoms with Gasteiger partial charge in [0.05, 0.1) is 17.6 Å². The van der Waals surface area contributed by atoms with Gasteiger partial charge in [-0.1, -0.05) is 18.2 Å². The molecule has 0 aliphatic heterocycles. The van der Waals surface area contributed by atoms with E-state index in [2.05, 4.69) is 15.4 Å². The molecule has 0 aliphatic carbocycles. The van der Waals surface area contributed by atoms with Gasteiger partial charge in [-0.3, -0.25) is 14.5 Å². The van der Waals surface area contributed by atoms with Crippen molar-refractivity contribution in [1.29, 1.82) is 0 Å². The number of carbonyl (C=O) groups excluding carboxylic acids is 1. The first-order valence-corrected chi connectivity index (χ1v) is 9.97.